The molecule has 100 valence electrons. The number of rotatable bonds is 5. The van der Waals surface area contributed by atoms with Gasteiger partial charge in [-0.3, -0.25) is 4.79 Å². The molecule has 0 atom stereocenters. The molecule has 0 aliphatic heterocycles. The van der Waals surface area contributed by atoms with Gasteiger partial charge in [0.05, 0.1) is 12.1 Å². The van der Waals surface area contributed by atoms with E-state index >= 15 is 0 Å². The van der Waals surface area contributed by atoms with Gasteiger partial charge in [0.15, 0.2) is 0 Å². The molecular formula is C14H20BrNO2. The Labute approximate surface area is 117 Å². The molecule has 2 N–H and O–H groups in total. The van der Waals surface area contributed by atoms with Crippen molar-refractivity contribution >= 4 is 21.8 Å². The molecule has 0 unspecified atom stereocenters. The van der Waals surface area contributed by atoms with Crippen LogP contribution in [0.15, 0.2) is 22.7 Å². The average Bonchev–Trinajstić information content (AvgIpc) is 2.39. The Morgan fingerprint density at radius 3 is 2.50 bits per heavy atom. The predicted molar refractivity (Wildman–Crippen MR) is 76.7 cm³/mol. The first-order valence-corrected chi connectivity index (χ1v) is 6.97. The summed E-state index contributed by atoms with van der Waals surface area (Å²) in [6.07, 6.45) is 1.41. The van der Waals surface area contributed by atoms with Gasteiger partial charge in [-0.25, -0.2) is 0 Å². The Bertz CT molecular complexity index is 420. The first-order chi connectivity index (χ1) is 8.49. The minimum atomic E-state index is -0.522. The maximum Gasteiger partial charge on any atom is 0.252 e. The van der Waals surface area contributed by atoms with Gasteiger partial charge in [-0.05, 0) is 37.5 Å². The average molecular weight is 314 g/mol. The fourth-order valence-electron chi connectivity index (χ4n) is 1.85. The summed E-state index contributed by atoms with van der Waals surface area (Å²) < 4.78 is 0.915. The summed E-state index contributed by atoms with van der Waals surface area (Å²) >= 11 is 3.42. The van der Waals surface area contributed by atoms with Crippen molar-refractivity contribution in [2.75, 3.05) is 6.61 Å². The van der Waals surface area contributed by atoms with Gasteiger partial charge in [-0.1, -0.05) is 35.8 Å². The molecule has 0 aliphatic rings. The first-order valence-electron chi connectivity index (χ1n) is 6.18. The number of aliphatic hydroxyl groups excluding tert-OH is 1. The second kappa shape index (κ2) is 6.34. The molecule has 4 heteroatoms. The van der Waals surface area contributed by atoms with Crippen molar-refractivity contribution < 1.29 is 9.90 Å². The normalized spacial score (nSPS) is 11.4. The van der Waals surface area contributed by atoms with Crippen molar-refractivity contribution in [3.05, 3.63) is 33.8 Å². The molecule has 18 heavy (non-hydrogen) atoms. The molecule has 1 aromatic carbocycles. The fourth-order valence-corrected chi connectivity index (χ4v) is 2.22. The number of aliphatic hydroxyl groups is 1. The zero-order valence-electron chi connectivity index (χ0n) is 11.1. The van der Waals surface area contributed by atoms with Gasteiger partial charge >= 0.3 is 0 Å². The first kappa shape index (κ1) is 15.2. The third kappa shape index (κ3) is 3.12. The molecule has 0 aromatic heterocycles. The van der Waals surface area contributed by atoms with E-state index in [0.717, 1.165) is 10.0 Å². The lowest BCUT2D eigenvalue weighted by Gasteiger charge is -2.31. The Morgan fingerprint density at radius 1 is 1.39 bits per heavy atom. The fraction of sp³-hybridized carbons (Fsp3) is 0.500. The lowest BCUT2D eigenvalue weighted by atomic mass is 9.93. The predicted octanol–water partition coefficient (Wildman–Crippen LogP) is 3.04. The molecule has 1 rings (SSSR count). The van der Waals surface area contributed by atoms with Gasteiger partial charge in [0.1, 0.15) is 0 Å². The van der Waals surface area contributed by atoms with Crippen LogP contribution in [0.4, 0.5) is 0 Å². The second-order valence-corrected chi connectivity index (χ2v) is 5.37. The van der Waals surface area contributed by atoms with E-state index in [2.05, 4.69) is 21.2 Å². The third-order valence-corrected chi connectivity index (χ3v) is 4.41. The molecule has 0 radical (unpaired) electrons. The highest BCUT2D eigenvalue weighted by Crippen LogP contribution is 2.21. The summed E-state index contributed by atoms with van der Waals surface area (Å²) in [5.41, 5.74) is 1.03. The van der Waals surface area contributed by atoms with Crippen LogP contribution < -0.4 is 5.32 Å². The van der Waals surface area contributed by atoms with Crippen LogP contribution in [0.25, 0.3) is 0 Å². The van der Waals surface area contributed by atoms with Crippen LogP contribution >= 0.6 is 15.9 Å². The van der Waals surface area contributed by atoms with Gasteiger partial charge in [0, 0.05) is 10.0 Å². The summed E-state index contributed by atoms with van der Waals surface area (Å²) in [6.45, 7) is 5.79. The third-order valence-electron chi connectivity index (χ3n) is 3.55. The second-order valence-electron chi connectivity index (χ2n) is 4.51. The number of halogens is 1. The Kier molecular flexibility index (Phi) is 5.35. The highest BCUT2D eigenvalue weighted by molar-refractivity contribution is 9.10. The quantitative estimate of drug-likeness (QED) is 0.877. The molecule has 0 fully saturated rings. The molecule has 0 spiro atoms. The Hall–Kier alpha value is -0.870. The van der Waals surface area contributed by atoms with Crippen LogP contribution in [0.3, 0.4) is 0 Å². The number of benzene rings is 1. The van der Waals surface area contributed by atoms with Gasteiger partial charge in [0.2, 0.25) is 0 Å². The van der Waals surface area contributed by atoms with Gasteiger partial charge in [0.25, 0.3) is 5.91 Å². The minimum Gasteiger partial charge on any atom is -0.394 e. The maximum atomic E-state index is 12.3. The molecular weight excluding hydrogens is 294 g/mol. The number of hydrogen-bond donors (Lipinski definition) is 2. The minimum absolute atomic E-state index is 0.0429. The van der Waals surface area contributed by atoms with Crippen molar-refractivity contribution in [3.8, 4) is 0 Å². The molecule has 1 aromatic rings. The largest absolute Gasteiger partial charge is 0.394 e. The standard InChI is InChI=1S/C14H20BrNO2/c1-4-14(5-2,9-17)16-13(18)11-7-6-8-12(15)10(11)3/h6-8,17H,4-5,9H2,1-3H3,(H,16,18). The molecule has 1 amide bonds. The monoisotopic (exact) mass is 313 g/mol. The van der Waals surface area contributed by atoms with E-state index in [0.29, 0.717) is 18.4 Å². The van der Waals surface area contributed by atoms with Gasteiger partial charge in [-0.2, -0.15) is 0 Å². The van der Waals surface area contributed by atoms with Gasteiger partial charge in [-0.15, -0.1) is 0 Å². The van der Waals surface area contributed by atoms with Crippen LogP contribution in [0.2, 0.25) is 0 Å². The highest BCUT2D eigenvalue weighted by atomic mass is 79.9. The zero-order valence-corrected chi connectivity index (χ0v) is 12.7. The molecule has 0 bridgehead atoms. The van der Waals surface area contributed by atoms with Crippen LogP contribution in [-0.2, 0) is 0 Å². The molecule has 0 saturated heterocycles. The van der Waals surface area contributed by atoms with Crippen molar-refractivity contribution in [2.45, 2.75) is 39.2 Å². The van der Waals surface area contributed by atoms with E-state index in [9.17, 15) is 9.90 Å². The van der Waals surface area contributed by atoms with E-state index in [4.69, 9.17) is 0 Å². The number of nitrogens with one attached hydrogen (secondary N) is 1. The molecule has 0 aliphatic carbocycles. The van der Waals surface area contributed by atoms with E-state index in [1.54, 1.807) is 6.07 Å². The van der Waals surface area contributed by atoms with Crippen LogP contribution in [0.1, 0.15) is 42.6 Å². The van der Waals surface area contributed by atoms with Gasteiger partial charge < -0.3 is 10.4 Å². The van der Waals surface area contributed by atoms with E-state index in [1.165, 1.54) is 0 Å². The highest BCUT2D eigenvalue weighted by Gasteiger charge is 2.28. The number of carbonyl (C=O) groups is 1. The molecule has 3 nitrogen and oxygen atoms in total. The SMILES string of the molecule is CCC(CC)(CO)NC(=O)c1cccc(Br)c1C. The van der Waals surface area contributed by atoms with Crippen molar-refractivity contribution in [1.29, 1.82) is 0 Å². The van der Waals surface area contributed by atoms with Crippen LogP contribution in [-0.4, -0.2) is 23.2 Å². The topological polar surface area (TPSA) is 49.3 Å². The summed E-state index contributed by atoms with van der Waals surface area (Å²) in [7, 11) is 0. The van der Waals surface area contributed by atoms with Crippen LogP contribution in [0.5, 0.6) is 0 Å². The lowest BCUT2D eigenvalue weighted by Crippen LogP contribution is -2.50. The molecule has 0 heterocycles. The number of hydrogen-bond acceptors (Lipinski definition) is 2. The van der Waals surface area contributed by atoms with E-state index in [1.807, 2.05) is 32.9 Å². The smallest absolute Gasteiger partial charge is 0.252 e. The lowest BCUT2D eigenvalue weighted by molar-refractivity contribution is 0.0817. The maximum absolute atomic E-state index is 12.3. The number of amides is 1. The Balaban J connectivity index is 2.98. The van der Waals surface area contributed by atoms with E-state index < -0.39 is 5.54 Å². The summed E-state index contributed by atoms with van der Waals surface area (Å²) in [5, 5.41) is 12.4. The van der Waals surface area contributed by atoms with E-state index in [-0.39, 0.29) is 12.5 Å². The zero-order chi connectivity index (χ0) is 13.8. The van der Waals surface area contributed by atoms with Crippen molar-refractivity contribution in [2.24, 2.45) is 0 Å². The van der Waals surface area contributed by atoms with Crippen molar-refractivity contribution in [3.63, 3.8) is 0 Å². The number of carbonyl (C=O) groups excluding carboxylic acids is 1. The summed E-state index contributed by atoms with van der Waals surface area (Å²) in [6, 6.07) is 5.54. The van der Waals surface area contributed by atoms with Crippen molar-refractivity contribution in [1.82, 2.24) is 5.32 Å². The van der Waals surface area contributed by atoms with Crippen LogP contribution in [0, 0.1) is 6.92 Å². The summed E-state index contributed by atoms with van der Waals surface area (Å²) in [5.74, 6) is -0.133. The molecule has 0 saturated carbocycles. The Morgan fingerprint density at radius 2 is 2.00 bits per heavy atom. The summed E-state index contributed by atoms with van der Waals surface area (Å²) in [4.78, 5) is 12.3.